The van der Waals surface area contributed by atoms with E-state index in [2.05, 4.69) is 20.9 Å². The van der Waals surface area contributed by atoms with E-state index in [-0.39, 0.29) is 13.2 Å². The van der Waals surface area contributed by atoms with Gasteiger partial charge >= 0.3 is 11.9 Å². The summed E-state index contributed by atoms with van der Waals surface area (Å²) in [6, 6.07) is 7.73. The van der Waals surface area contributed by atoms with Crippen LogP contribution in [0.4, 0.5) is 0 Å². The Morgan fingerprint density at radius 3 is 2.30 bits per heavy atom. The molecule has 1 N–H and O–H groups in total. The van der Waals surface area contributed by atoms with Gasteiger partial charge in [-0.05, 0) is 31.9 Å². The maximum Gasteiger partial charge on any atom is 0.326 e. The number of aromatic nitrogens is 1. The number of rotatable bonds is 7. The number of H-pyrrole nitrogens is 1. The smallest absolute Gasteiger partial charge is 0.326 e. The molecule has 6 heteroatoms. The fraction of sp³-hybridized carbons (Fsp3) is 0.412. The van der Waals surface area contributed by atoms with Crippen LogP contribution in [0.1, 0.15) is 31.0 Å². The van der Waals surface area contributed by atoms with Crippen molar-refractivity contribution < 1.29 is 19.1 Å². The lowest BCUT2D eigenvalue weighted by molar-refractivity contribution is -0.157. The number of nitrogens with one attached hydrogen (secondary N) is 1. The lowest BCUT2D eigenvalue weighted by Crippen LogP contribution is -2.27. The third-order valence-electron chi connectivity index (χ3n) is 3.52. The number of alkyl halides is 1. The quantitative estimate of drug-likeness (QED) is 0.453. The fourth-order valence-electron chi connectivity index (χ4n) is 2.61. The van der Waals surface area contributed by atoms with Gasteiger partial charge in [0.15, 0.2) is 5.92 Å². The van der Waals surface area contributed by atoms with Gasteiger partial charge in [-0.3, -0.25) is 9.59 Å². The minimum Gasteiger partial charge on any atom is -0.465 e. The molecule has 1 heterocycles. The summed E-state index contributed by atoms with van der Waals surface area (Å²) in [6.07, 6.45) is 0.689. The highest BCUT2D eigenvalue weighted by molar-refractivity contribution is 9.09. The van der Waals surface area contributed by atoms with Crippen LogP contribution < -0.4 is 0 Å². The van der Waals surface area contributed by atoms with Crippen molar-refractivity contribution in [3.8, 4) is 0 Å². The summed E-state index contributed by atoms with van der Waals surface area (Å²) in [7, 11) is 0. The molecule has 0 aliphatic heterocycles. The molecule has 23 heavy (non-hydrogen) atoms. The van der Waals surface area contributed by atoms with E-state index in [0.717, 1.165) is 21.8 Å². The monoisotopic (exact) mass is 381 g/mol. The Morgan fingerprint density at radius 1 is 1.13 bits per heavy atom. The number of fused-ring (bicyclic) bond motifs is 1. The zero-order chi connectivity index (χ0) is 16.8. The SMILES string of the molecule is CCOC(=O)C(C(=O)OCC)c1[nH]c2ccccc2c1CCBr. The summed E-state index contributed by atoms with van der Waals surface area (Å²) in [6.45, 7) is 3.85. The highest BCUT2D eigenvalue weighted by atomic mass is 79.9. The molecule has 0 amide bonds. The normalized spacial score (nSPS) is 11.0. The standard InChI is InChI=1S/C17H20BrNO4/c1-3-22-16(20)14(17(21)23-4-2)15-12(9-10-18)11-7-5-6-8-13(11)19-15/h5-8,14,19H,3-4,9-10H2,1-2H3. The third kappa shape index (κ3) is 3.75. The van der Waals surface area contributed by atoms with Gasteiger partial charge in [0.1, 0.15) is 0 Å². The van der Waals surface area contributed by atoms with Crippen LogP contribution in [0.15, 0.2) is 24.3 Å². The third-order valence-corrected chi connectivity index (χ3v) is 3.92. The molecule has 0 fully saturated rings. The topological polar surface area (TPSA) is 68.4 Å². The van der Waals surface area contributed by atoms with Gasteiger partial charge in [0.2, 0.25) is 0 Å². The first-order chi connectivity index (χ1) is 11.1. The number of aryl methyl sites for hydroxylation is 1. The van der Waals surface area contributed by atoms with Crippen LogP contribution in [-0.2, 0) is 25.5 Å². The molecule has 5 nitrogen and oxygen atoms in total. The van der Waals surface area contributed by atoms with Crippen molar-refractivity contribution in [1.82, 2.24) is 4.98 Å². The average Bonchev–Trinajstić information content (AvgIpc) is 2.87. The molecule has 2 rings (SSSR count). The summed E-state index contributed by atoms with van der Waals surface area (Å²) >= 11 is 3.43. The fourth-order valence-corrected chi connectivity index (χ4v) is 3.01. The van der Waals surface area contributed by atoms with Crippen molar-refractivity contribution in [2.24, 2.45) is 0 Å². The second-order valence-electron chi connectivity index (χ2n) is 4.94. The van der Waals surface area contributed by atoms with E-state index in [1.165, 1.54) is 0 Å². The van der Waals surface area contributed by atoms with Crippen LogP contribution in [0.2, 0.25) is 0 Å². The number of carbonyl (C=O) groups excluding carboxylic acids is 2. The molecule has 0 aliphatic rings. The Hall–Kier alpha value is -1.82. The van der Waals surface area contributed by atoms with Crippen molar-refractivity contribution >= 4 is 38.8 Å². The molecule has 0 radical (unpaired) electrons. The minimum atomic E-state index is -1.09. The molecule has 0 atom stereocenters. The first kappa shape index (κ1) is 17.5. The number of carbonyl (C=O) groups is 2. The number of benzene rings is 1. The molecule has 2 aromatic rings. The number of hydrogen-bond donors (Lipinski definition) is 1. The Labute approximate surface area is 143 Å². The molecule has 0 unspecified atom stereocenters. The highest BCUT2D eigenvalue weighted by Crippen LogP contribution is 2.30. The Balaban J connectivity index is 2.56. The Kier molecular flexibility index (Phi) is 6.21. The summed E-state index contributed by atoms with van der Waals surface area (Å²) in [5.41, 5.74) is 2.38. The number of esters is 2. The number of ether oxygens (including phenoxy) is 2. The van der Waals surface area contributed by atoms with Crippen molar-refractivity contribution in [2.45, 2.75) is 26.2 Å². The van der Waals surface area contributed by atoms with E-state index < -0.39 is 17.9 Å². The van der Waals surface area contributed by atoms with Crippen molar-refractivity contribution in [3.63, 3.8) is 0 Å². The van der Waals surface area contributed by atoms with E-state index in [1.807, 2.05) is 24.3 Å². The minimum absolute atomic E-state index is 0.211. The van der Waals surface area contributed by atoms with Gasteiger partial charge in [-0.25, -0.2) is 0 Å². The predicted octanol–water partition coefficient (Wildman–Crippen LogP) is 3.32. The highest BCUT2D eigenvalue weighted by Gasteiger charge is 2.35. The van der Waals surface area contributed by atoms with Gasteiger partial charge in [-0.1, -0.05) is 34.1 Å². The molecule has 124 valence electrons. The lowest BCUT2D eigenvalue weighted by Gasteiger charge is -2.15. The number of halogens is 1. The number of hydrogen-bond acceptors (Lipinski definition) is 4. The first-order valence-corrected chi connectivity index (χ1v) is 8.74. The van der Waals surface area contributed by atoms with Gasteiger partial charge in [0.25, 0.3) is 0 Å². The van der Waals surface area contributed by atoms with Crippen LogP contribution in [0.3, 0.4) is 0 Å². The summed E-state index contributed by atoms with van der Waals surface area (Å²) < 4.78 is 10.2. The molecule has 0 spiro atoms. The summed E-state index contributed by atoms with van der Waals surface area (Å²) in [4.78, 5) is 27.9. The van der Waals surface area contributed by atoms with Crippen LogP contribution in [-0.4, -0.2) is 35.5 Å². The second kappa shape index (κ2) is 8.15. The van der Waals surface area contributed by atoms with Gasteiger partial charge in [-0.15, -0.1) is 0 Å². The molecular weight excluding hydrogens is 362 g/mol. The predicted molar refractivity (Wildman–Crippen MR) is 91.8 cm³/mol. The first-order valence-electron chi connectivity index (χ1n) is 7.62. The van der Waals surface area contributed by atoms with Gasteiger partial charge < -0.3 is 14.5 Å². The molecule has 0 aliphatic carbocycles. The van der Waals surface area contributed by atoms with Gasteiger partial charge in [-0.2, -0.15) is 0 Å². The zero-order valence-electron chi connectivity index (χ0n) is 13.2. The molecule has 1 aromatic carbocycles. The van der Waals surface area contributed by atoms with Crippen LogP contribution >= 0.6 is 15.9 Å². The summed E-state index contributed by atoms with van der Waals surface area (Å²) in [5.74, 6) is -2.27. The Bertz CT molecular complexity index is 677. The molecule has 0 saturated carbocycles. The Morgan fingerprint density at radius 2 is 1.74 bits per heavy atom. The molecule has 1 aromatic heterocycles. The molecular formula is C17H20BrNO4. The largest absolute Gasteiger partial charge is 0.465 e. The molecule has 0 bridgehead atoms. The van der Waals surface area contributed by atoms with Crippen molar-refractivity contribution in [3.05, 3.63) is 35.5 Å². The number of aromatic amines is 1. The van der Waals surface area contributed by atoms with Gasteiger partial charge in [0, 0.05) is 21.9 Å². The lowest BCUT2D eigenvalue weighted by atomic mass is 9.98. The average molecular weight is 382 g/mol. The van der Waals surface area contributed by atoms with E-state index in [9.17, 15) is 9.59 Å². The summed E-state index contributed by atoms with van der Waals surface area (Å²) in [5, 5.41) is 1.72. The van der Waals surface area contributed by atoms with Crippen LogP contribution in [0, 0.1) is 0 Å². The maximum atomic E-state index is 12.3. The van der Waals surface area contributed by atoms with Crippen molar-refractivity contribution in [2.75, 3.05) is 18.5 Å². The van der Waals surface area contributed by atoms with E-state index in [0.29, 0.717) is 12.1 Å². The van der Waals surface area contributed by atoms with Crippen LogP contribution in [0.25, 0.3) is 10.9 Å². The molecule has 0 saturated heterocycles. The zero-order valence-corrected chi connectivity index (χ0v) is 14.8. The van der Waals surface area contributed by atoms with Crippen LogP contribution in [0.5, 0.6) is 0 Å². The second-order valence-corrected chi connectivity index (χ2v) is 5.73. The number of para-hydroxylation sites is 1. The van der Waals surface area contributed by atoms with E-state index in [4.69, 9.17) is 9.47 Å². The van der Waals surface area contributed by atoms with E-state index in [1.54, 1.807) is 13.8 Å². The van der Waals surface area contributed by atoms with Crippen molar-refractivity contribution in [1.29, 1.82) is 0 Å². The van der Waals surface area contributed by atoms with E-state index >= 15 is 0 Å². The van der Waals surface area contributed by atoms with Gasteiger partial charge in [0.05, 0.1) is 13.2 Å². The maximum absolute atomic E-state index is 12.3.